The Bertz CT molecular complexity index is 696. The van der Waals surface area contributed by atoms with E-state index in [2.05, 4.69) is 5.43 Å². The second-order valence-corrected chi connectivity index (χ2v) is 5.26. The van der Waals surface area contributed by atoms with Gasteiger partial charge < -0.3 is 9.84 Å². The van der Waals surface area contributed by atoms with Crippen LogP contribution in [0.4, 0.5) is 0 Å². The topological polar surface area (TPSA) is 78.9 Å². The Morgan fingerprint density at radius 3 is 2.21 bits per heavy atom. The molecule has 2 aromatic rings. The lowest BCUT2D eigenvalue weighted by Gasteiger charge is -2.18. The molecule has 0 aliphatic carbocycles. The molecule has 6 nitrogen and oxygen atoms in total. The second kappa shape index (κ2) is 8.12. The zero-order chi connectivity index (χ0) is 17.5. The molecule has 0 spiro atoms. The molecule has 126 valence electrons. The molecular formula is C18H20N2O4. The van der Waals surface area contributed by atoms with E-state index in [-0.39, 0.29) is 17.6 Å². The first kappa shape index (κ1) is 17.5. The van der Waals surface area contributed by atoms with Crippen molar-refractivity contribution in [1.82, 2.24) is 10.4 Å². The van der Waals surface area contributed by atoms with Crippen molar-refractivity contribution in [2.24, 2.45) is 0 Å². The highest BCUT2D eigenvalue weighted by Gasteiger charge is 2.10. The van der Waals surface area contributed by atoms with Crippen molar-refractivity contribution in [1.29, 1.82) is 0 Å². The van der Waals surface area contributed by atoms with Crippen LogP contribution in [-0.2, 0) is 11.3 Å². The number of hydrogen-bond acceptors (Lipinski definition) is 5. The fourth-order valence-electron chi connectivity index (χ4n) is 2.12. The van der Waals surface area contributed by atoms with Crippen LogP contribution in [0.25, 0.3) is 0 Å². The van der Waals surface area contributed by atoms with Crippen molar-refractivity contribution < 1.29 is 19.4 Å². The molecule has 0 unspecified atom stereocenters. The Kier molecular flexibility index (Phi) is 5.92. The number of benzene rings is 2. The van der Waals surface area contributed by atoms with Crippen molar-refractivity contribution in [3.63, 3.8) is 0 Å². The van der Waals surface area contributed by atoms with E-state index in [1.54, 1.807) is 43.2 Å². The predicted molar refractivity (Wildman–Crippen MR) is 89.4 cm³/mol. The summed E-state index contributed by atoms with van der Waals surface area (Å²) in [5.74, 6) is -0.500. The third-order valence-corrected chi connectivity index (χ3v) is 3.31. The first-order valence-electron chi connectivity index (χ1n) is 7.57. The molecule has 0 saturated carbocycles. The summed E-state index contributed by atoms with van der Waals surface area (Å²) in [6.07, 6.45) is 0. The van der Waals surface area contributed by atoms with Crippen molar-refractivity contribution in [2.45, 2.75) is 13.5 Å². The van der Waals surface area contributed by atoms with E-state index in [4.69, 9.17) is 4.74 Å². The number of rotatable bonds is 6. The maximum atomic E-state index is 12.1. The molecule has 6 heteroatoms. The number of phenolic OH excluding ortho intramolecular Hbond substituents is 1. The van der Waals surface area contributed by atoms with E-state index in [1.807, 2.05) is 12.1 Å². The number of nitrogens with one attached hydrogen (secondary N) is 1. The van der Waals surface area contributed by atoms with Crippen LogP contribution in [0.2, 0.25) is 0 Å². The lowest BCUT2D eigenvalue weighted by atomic mass is 10.1. The van der Waals surface area contributed by atoms with E-state index in [0.29, 0.717) is 24.3 Å². The number of ether oxygens (including phenoxy) is 1. The van der Waals surface area contributed by atoms with Gasteiger partial charge in [-0.2, -0.15) is 0 Å². The van der Waals surface area contributed by atoms with Gasteiger partial charge in [0, 0.05) is 19.2 Å². The average Bonchev–Trinajstić information content (AvgIpc) is 2.56. The summed E-state index contributed by atoms with van der Waals surface area (Å²) in [7, 11) is 1.75. The highest BCUT2D eigenvalue weighted by atomic mass is 16.5. The van der Waals surface area contributed by atoms with Crippen molar-refractivity contribution in [2.75, 3.05) is 13.7 Å². The zero-order valence-corrected chi connectivity index (χ0v) is 13.7. The third-order valence-electron chi connectivity index (χ3n) is 3.31. The van der Waals surface area contributed by atoms with Crippen LogP contribution in [0.1, 0.15) is 33.2 Å². The van der Waals surface area contributed by atoms with E-state index in [9.17, 15) is 14.7 Å². The number of phenols is 1. The van der Waals surface area contributed by atoms with Gasteiger partial charge in [-0.15, -0.1) is 0 Å². The van der Waals surface area contributed by atoms with Gasteiger partial charge in [0.15, 0.2) is 0 Å². The first-order valence-corrected chi connectivity index (χ1v) is 7.57. The van der Waals surface area contributed by atoms with Crippen LogP contribution < -0.4 is 5.43 Å². The number of carbonyl (C=O) groups is 2. The number of carbonyl (C=O) groups excluding carboxylic acids is 2. The summed E-state index contributed by atoms with van der Waals surface area (Å²) in [6, 6.07) is 13.0. The summed E-state index contributed by atoms with van der Waals surface area (Å²) >= 11 is 0. The standard InChI is InChI=1S/C18H20N2O4/c1-3-24-18(23)15-6-4-13(5-7-15)12-20(2)19-17(22)14-8-10-16(21)11-9-14/h4-11,21H,3,12H2,1-2H3,(H,19,22). The number of hydrogen-bond donors (Lipinski definition) is 2. The van der Waals surface area contributed by atoms with E-state index < -0.39 is 0 Å². The van der Waals surface area contributed by atoms with Gasteiger partial charge in [-0.1, -0.05) is 12.1 Å². The predicted octanol–water partition coefficient (Wildman–Crippen LogP) is 2.35. The van der Waals surface area contributed by atoms with Crippen LogP contribution in [0.15, 0.2) is 48.5 Å². The first-order chi connectivity index (χ1) is 11.5. The molecule has 0 heterocycles. The van der Waals surface area contributed by atoms with Crippen molar-refractivity contribution >= 4 is 11.9 Å². The Hall–Kier alpha value is -2.86. The Morgan fingerprint density at radius 2 is 1.62 bits per heavy atom. The van der Waals surface area contributed by atoms with Crippen LogP contribution in [0, 0.1) is 0 Å². The van der Waals surface area contributed by atoms with Gasteiger partial charge in [0.25, 0.3) is 5.91 Å². The number of esters is 1. The lowest BCUT2D eigenvalue weighted by Crippen LogP contribution is -2.38. The third kappa shape index (κ3) is 4.82. The Labute approximate surface area is 140 Å². The maximum absolute atomic E-state index is 12.1. The normalized spacial score (nSPS) is 10.5. The summed E-state index contributed by atoms with van der Waals surface area (Å²) in [6.45, 7) is 2.58. The minimum Gasteiger partial charge on any atom is -0.508 e. The van der Waals surface area contributed by atoms with Crippen molar-refractivity contribution in [3.8, 4) is 5.75 Å². The highest BCUT2D eigenvalue weighted by molar-refractivity contribution is 5.93. The van der Waals surface area contributed by atoms with Gasteiger partial charge in [-0.3, -0.25) is 10.2 Å². The smallest absolute Gasteiger partial charge is 0.338 e. The Balaban J connectivity index is 1.92. The van der Waals surface area contributed by atoms with Gasteiger partial charge in [-0.05, 0) is 48.9 Å². The average molecular weight is 328 g/mol. The number of aromatic hydroxyl groups is 1. The van der Waals surface area contributed by atoms with E-state index in [1.165, 1.54) is 12.1 Å². The Morgan fingerprint density at radius 1 is 1.04 bits per heavy atom. The van der Waals surface area contributed by atoms with Crippen molar-refractivity contribution in [3.05, 3.63) is 65.2 Å². The molecule has 24 heavy (non-hydrogen) atoms. The van der Waals surface area contributed by atoms with Gasteiger partial charge in [0.1, 0.15) is 5.75 Å². The molecule has 0 aliphatic heterocycles. The maximum Gasteiger partial charge on any atom is 0.338 e. The van der Waals surface area contributed by atoms with Crippen LogP contribution >= 0.6 is 0 Å². The number of nitrogens with zero attached hydrogens (tertiary/aromatic N) is 1. The molecule has 0 aliphatic rings. The van der Waals surface area contributed by atoms with E-state index >= 15 is 0 Å². The minimum absolute atomic E-state index is 0.113. The fraction of sp³-hybridized carbons (Fsp3) is 0.222. The second-order valence-electron chi connectivity index (χ2n) is 5.26. The quantitative estimate of drug-likeness (QED) is 0.628. The van der Waals surface area contributed by atoms with Crippen LogP contribution in [0.5, 0.6) is 5.75 Å². The van der Waals surface area contributed by atoms with Gasteiger partial charge >= 0.3 is 5.97 Å². The molecule has 0 radical (unpaired) electrons. The van der Waals surface area contributed by atoms with Crippen LogP contribution in [0.3, 0.4) is 0 Å². The summed E-state index contributed by atoms with van der Waals surface area (Å²) in [5, 5.41) is 10.9. The molecule has 0 aromatic heterocycles. The summed E-state index contributed by atoms with van der Waals surface area (Å²) in [5.41, 5.74) is 4.64. The largest absolute Gasteiger partial charge is 0.508 e. The molecule has 1 amide bonds. The molecular weight excluding hydrogens is 308 g/mol. The summed E-state index contributed by atoms with van der Waals surface area (Å²) < 4.78 is 4.93. The molecule has 0 atom stereocenters. The lowest BCUT2D eigenvalue weighted by molar-refractivity contribution is 0.0526. The minimum atomic E-state index is -0.349. The zero-order valence-electron chi connectivity index (χ0n) is 13.7. The monoisotopic (exact) mass is 328 g/mol. The van der Waals surface area contributed by atoms with Gasteiger partial charge in [-0.25, -0.2) is 9.80 Å². The number of hydrazine groups is 1. The molecule has 2 N–H and O–H groups in total. The van der Waals surface area contributed by atoms with Crippen LogP contribution in [-0.4, -0.2) is 35.6 Å². The van der Waals surface area contributed by atoms with Gasteiger partial charge in [0.2, 0.25) is 0 Å². The summed E-state index contributed by atoms with van der Waals surface area (Å²) in [4.78, 5) is 23.7. The highest BCUT2D eigenvalue weighted by Crippen LogP contribution is 2.10. The SMILES string of the molecule is CCOC(=O)c1ccc(CN(C)NC(=O)c2ccc(O)cc2)cc1. The molecule has 2 aromatic carbocycles. The van der Waals surface area contributed by atoms with E-state index in [0.717, 1.165) is 5.56 Å². The fourth-order valence-corrected chi connectivity index (χ4v) is 2.12. The van der Waals surface area contributed by atoms with Gasteiger partial charge in [0.05, 0.1) is 12.2 Å². The molecule has 0 bridgehead atoms. The molecule has 2 rings (SSSR count). The number of amides is 1. The molecule has 0 saturated heterocycles. The molecule has 0 fully saturated rings.